The van der Waals surface area contributed by atoms with Crippen molar-refractivity contribution in [2.75, 3.05) is 0 Å². The molecule has 2 aromatic carbocycles. The summed E-state index contributed by atoms with van der Waals surface area (Å²) in [5.74, 6) is 0. The first kappa shape index (κ1) is 15.5. The van der Waals surface area contributed by atoms with Gasteiger partial charge in [-0.05, 0) is 57.3 Å². The van der Waals surface area contributed by atoms with Gasteiger partial charge in [-0.1, -0.05) is 53.7 Å². The van der Waals surface area contributed by atoms with Crippen LogP contribution in [0, 0.1) is 0 Å². The van der Waals surface area contributed by atoms with Crippen molar-refractivity contribution in [1.29, 1.82) is 0 Å². The van der Waals surface area contributed by atoms with Gasteiger partial charge < -0.3 is 0 Å². The lowest BCUT2D eigenvalue weighted by atomic mass is 9.83. The molecule has 0 bridgehead atoms. The Kier molecular flexibility index (Phi) is 3.37. The molecular weight excluding hydrogens is 288 g/mol. The molecule has 0 radical (unpaired) electrons. The molecule has 0 atom stereocenters. The van der Waals surface area contributed by atoms with Crippen molar-refractivity contribution in [3.63, 3.8) is 0 Å². The van der Waals surface area contributed by atoms with Crippen molar-refractivity contribution < 1.29 is 4.21 Å². The molecule has 2 aromatic rings. The van der Waals surface area contributed by atoms with Crippen LogP contribution in [0.3, 0.4) is 0 Å². The summed E-state index contributed by atoms with van der Waals surface area (Å²) in [7, 11) is -1.04. The van der Waals surface area contributed by atoms with Gasteiger partial charge in [-0.3, -0.25) is 0 Å². The van der Waals surface area contributed by atoms with E-state index in [1.54, 1.807) is 0 Å². The summed E-state index contributed by atoms with van der Waals surface area (Å²) in [6, 6.07) is 12.8. The zero-order valence-electron chi connectivity index (χ0n) is 14.3. The Morgan fingerprint density at radius 3 is 1.36 bits per heavy atom. The highest BCUT2D eigenvalue weighted by atomic mass is 32.2. The summed E-state index contributed by atoms with van der Waals surface area (Å²) >= 11 is 0. The molecule has 0 N–H and O–H groups in total. The van der Waals surface area contributed by atoms with Crippen LogP contribution in [0.1, 0.15) is 52.7 Å². The maximum absolute atomic E-state index is 12.7. The number of hydrogen-bond acceptors (Lipinski definition) is 1. The maximum atomic E-state index is 12.7. The standard InChI is InChI=1S/C20H24OS/c1-19(2,3)13-7-9-17-15(11-13)16-12-14(20(4,5)6)8-10-18(16)22(17)21/h7-12H,1-6H3. The summed E-state index contributed by atoms with van der Waals surface area (Å²) in [6.45, 7) is 13.3. The second-order valence-electron chi connectivity index (χ2n) is 8.19. The van der Waals surface area contributed by atoms with Crippen molar-refractivity contribution in [3.05, 3.63) is 47.5 Å². The summed E-state index contributed by atoms with van der Waals surface area (Å²) in [4.78, 5) is 1.91. The van der Waals surface area contributed by atoms with Crippen LogP contribution < -0.4 is 0 Å². The van der Waals surface area contributed by atoms with E-state index in [2.05, 4.69) is 65.8 Å². The molecule has 2 heteroatoms. The van der Waals surface area contributed by atoms with Crippen LogP contribution in [0.4, 0.5) is 0 Å². The third-order valence-electron chi connectivity index (χ3n) is 4.38. The third kappa shape index (κ3) is 2.44. The predicted molar refractivity (Wildman–Crippen MR) is 94.0 cm³/mol. The highest BCUT2D eigenvalue weighted by molar-refractivity contribution is 7.85. The third-order valence-corrected chi connectivity index (χ3v) is 5.89. The molecule has 22 heavy (non-hydrogen) atoms. The quantitative estimate of drug-likeness (QED) is 0.541. The largest absolute Gasteiger partial charge is 0.249 e. The van der Waals surface area contributed by atoms with E-state index in [4.69, 9.17) is 0 Å². The number of rotatable bonds is 0. The first-order valence-corrected chi connectivity index (χ1v) is 8.95. The van der Waals surface area contributed by atoms with Gasteiger partial charge in [-0.25, -0.2) is 4.21 Å². The van der Waals surface area contributed by atoms with E-state index in [1.165, 1.54) is 11.1 Å². The zero-order chi connectivity index (χ0) is 16.3. The van der Waals surface area contributed by atoms with Crippen LogP contribution >= 0.6 is 0 Å². The SMILES string of the molecule is CC(C)(C)c1ccc2c(c1)-c1cc(C(C)(C)C)ccc1S2=O. The zero-order valence-corrected chi connectivity index (χ0v) is 15.1. The van der Waals surface area contributed by atoms with Crippen LogP contribution in [0.25, 0.3) is 11.1 Å². The van der Waals surface area contributed by atoms with Gasteiger partial charge in [0.05, 0.1) is 20.6 Å². The van der Waals surface area contributed by atoms with Crippen LogP contribution in [-0.2, 0) is 21.6 Å². The second-order valence-corrected chi connectivity index (χ2v) is 9.61. The highest BCUT2D eigenvalue weighted by Crippen LogP contribution is 2.44. The monoisotopic (exact) mass is 312 g/mol. The molecule has 0 aromatic heterocycles. The lowest BCUT2D eigenvalue weighted by Crippen LogP contribution is -2.11. The van der Waals surface area contributed by atoms with Crippen molar-refractivity contribution in [3.8, 4) is 11.1 Å². The van der Waals surface area contributed by atoms with E-state index in [0.29, 0.717) is 0 Å². The normalized spacial score (nSPS) is 14.8. The van der Waals surface area contributed by atoms with Gasteiger partial charge in [0.25, 0.3) is 0 Å². The summed E-state index contributed by atoms with van der Waals surface area (Å²) in [6.07, 6.45) is 0. The smallest absolute Gasteiger partial charge is 0.0862 e. The van der Waals surface area contributed by atoms with Gasteiger partial charge in [-0.15, -0.1) is 0 Å². The molecule has 1 heterocycles. The van der Waals surface area contributed by atoms with Crippen molar-refractivity contribution in [2.45, 2.75) is 62.2 Å². The Labute approximate surface area is 136 Å². The fraction of sp³-hybridized carbons (Fsp3) is 0.400. The lowest BCUT2D eigenvalue weighted by Gasteiger charge is -2.21. The fourth-order valence-corrected chi connectivity index (χ4v) is 4.21. The average Bonchev–Trinajstić information content (AvgIpc) is 2.70. The second kappa shape index (κ2) is 4.79. The van der Waals surface area contributed by atoms with Gasteiger partial charge in [0, 0.05) is 0 Å². The molecule has 0 saturated carbocycles. The summed E-state index contributed by atoms with van der Waals surface area (Å²) in [5, 5.41) is 0. The number of fused-ring (bicyclic) bond motifs is 3. The van der Waals surface area contributed by atoms with E-state index in [1.807, 2.05) is 12.1 Å². The summed E-state index contributed by atoms with van der Waals surface area (Å²) < 4.78 is 12.7. The van der Waals surface area contributed by atoms with Crippen LogP contribution in [0.5, 0.6) is 0 Å². The Morgan fingerprint density at radius 1 is 0.682 bits per heavy atom. The number of benzene rings is 2. The molecule has 116 valence electrons. The van der Waals surface area contributed by atoms with Crippen molar-refractivity contribution in [1.82, 2.24) is 0 Å². The lowest BCUT2D eigenvalue weighted by molar-refractivity contribution is 0.589. The fourth-order valence-electron chi connectivity index (χ4n) is 2.86. The molecule has 0 saturated heterocycles. The molecule has 0 fully saturated rings. The first-order chi connectivity index (χ1) is 10.1. The van der Waals surface area contributed by atoms with E-state index in [0.717, 1.165) is 20.9 Å². The first-order valence-electron chi connectivity index (χ1n) is 7.80. The van der Waals surface area contributed by atoms with Gasteiger partial charge in [0.1, 0.15) is 0 Å². The van der Waals surface area contributed by atoms with E-state index >= 15 is 0 Å². The Balaban J connectivity index is 2.23. The molecule has 0 unspecified atom stereocenters. The molecule has 0 spiro atoms. The molecular formula is C20H24OS. The molecule has 0 aliphatic carbocycles. The molecule has 1 aliphatic rings. The topological polar surface area (TPSA) is 17.1 Å². The molecule has 0 amide bonds. The number of hydrogen-bond donors (Lipinski definition) is 0. The molecule has 3 rings (SSSR count). The molecule has 1 nitrogen and oxygen atoms in total. The minimum Gasteiger partial charge on any atom is -0.249 e. The molecule has 1 aliphatic heterocycles. The Hall–Kier alpha value is -1.41. The van der Waals surface area contributed by atoms with E-state index in [-0.39, 0.29) is 10.8 Å². The van der Waals surface area contributed by atoms with E-state index < -0.39 is 10.8 Å². The van der Waals surface area contributed by atoms with Gasteiger partial charge in [-0.2, -0.15) is 0 Å². The minimum atomic E-state index is -1.04. The van der Waals surface area contributed by atoms with Crippen LogP contribution in [-0.4, -0.2) is 4.21 Å². The predicted octanol–water partition coefficient (Wildman–Crippen LogP) is 5.43. The van der Waals surface area contributed by atoms with Crippen molar-refractivity contribution >= 4 is 10.8 Å². The van der Waals surface area contributed by atoms with Crippen LogP contribution in [0.15, 0.2) is 46.2 Å². The van der Waals surface area contributed by atoms with Crippen LogP contribution in [0.2, 0.25) is 0 Å². The minimum absolute atomic E-state index is 0.0981. The Morgan fingerprint density at radius 2 is 1.05 bits per heavy atom. The van der Waals surface area contributed by atoms with Crippen molar-refractivity contribution in [2.24, 2.45) is 0 Å². The van der Waals surface area contributed by atoms with Gasteiger partial charge in [0.2, 0.25) is 0 Å². The van der Waals surface area contributed by atoms with E-state index in [9.17, 15) is 4.21 Å². The highest BCUT2D eigenvalue weighted by Gasteiger charge is 2.28. The average molecular weight is 312 g/mol. The maximum Gasteiger partial charge on any atom is 0.0862 e. The summed E-state index contributed by atoms with van der Waals surface area (Å²) in [5.41, 5.74) is 5.06. The van der Waals surface area contributed by atoms with Gasteiger partial charge in [0.15, 0.2) is 0 Å². The van der Waals surface area contributed by atoms with Gasteiger partial charge >= 0.3 is 0 Å². The Bertz CT molecular complexity index is 708.